The molecule has 2 heterocycles. The molecule has 1 aliphatic rings. The summed E-state index contributed by atoms with van der Waals surface area (Å²) in [5.41, 5.74) is 0.548. The first kappa shape index (κ1) is 15.8. The van der Waals surface area contributed by atoms with E-state index in [4.69, 9.17) is 33.9 Å². The van der Waals surface area contributed by atoms with Gasteiger partial charge in [-0.05, 0) is 13.0 Å². The van der Waals surface area contributed by atoms with E-state index in [0.29, 0.717) is 16.5 Å². The van der Waals surface area contributed by atoms with Gasteiger partial charge in [0.25, 0.3) is 0 Å². The zero-order valence-electron chi connectivity index (χ0n) is 10.4. The van der Waals surface area contributed by atoms with E-state index in [0.717, 1.165) is 0 Å². The Labute approximate surface area is 131 Å². The molecule has 0 aromatic carbocycles. The van der Waals surface area contributed by atoms with Gasteiger partial charge >= 0.3 is 0 Å². The van der Waals surface area contributed by atoms with Crippen LogP contribution in [0.25, 0.3) is 0 Å². The van der Waals surface area contributed by atoms with E-state index in [1.54, 1.807) is 6.92 Å². The molecule has 0 N–H and O–H groups in total. The van der Waals surface area contributed by atoms with E-state index in [9.17, 15) is 13.2 Å². The Kier molecular flexibility index (Phi) is 4.49. The lowest BCUT2D eigenvalue weighted by atomic mass is 10.1. The first-order valence-corrected chi connectivity index (χ1v) is 8.96. The van der Waals surface area contributed by atoms with Crippen molar-refractivity contribution in [3.05, 3.63) is 21.8 Å². The summed E-state index contributed by atoms with van der Waals surface area (Å²) >= 11 is 11.9. The highest BCUT2D eigenvalue weighted by molar-refractivity contribution is 8.13. The average Bonchev–Trinajstić information content (AvgIpc) is 2.62. The topological polar surface area (TPSA) is 67.3 Å². The molecule has 1 unspecified atom stereocenters. The number of anilines is 1. The Morgan fingerprint density at radius 2 is 2.05 bits per heavy atom. The minimum Gasteiger partial charge on any atom is -0.295 e. The van der Waals surface area contributed by atoms with Gasteiger partial charge in [-0.2, -0.15) is 0 Å². The molecule has 110 valence electrons. The second kappa shape index (κ2) is 5.67. The maximum atomic E-state index is 12.0. The highest BCUT2D eigenvalue weighted by Gasteiger charge is 2.35. The molecule has 1 fully saturated rings. The van der Waals surface area contributed by atoms with Gasteiger partial charge in [0.15, 0.2) is 5.82 Å². The number of carbonyl (C=O) groups is 1. The van der Waals surface area contributed by atoms with Gasteiger partial charge in [0, 0.05) is 29.6 Å². The highest BCUT2D eigenvalue weighted by Crippen LogP contribution is 2.33. The number of carbonyl (C=O) groups excluding carboxylic acids is 1. The maximum Gasteiger partial charge on any atom is 0.232 e. The van der Waals surface area contributed by atoms with E-state index in [1.165, 1.54) is 11.0 Å². The van der Waals surface area contributed by atoms with Crippen molar-refractivity contribution >= 4 is 54.7 Å². The third-order valence-electron chi connectivity index (χ3n) is 2.98. The molecular formula is C11H11Cl3N2O3S. The predicted molar refractivity (Wildman–Crippen MR) is 79.1 cm³/mol. The van der Waals surface area contributed by atoms with Crippen molar-refractivity contribution < 1.29 is 13.2 Å². The molecule has 1 aliphatic heterocycles. The number of nitrogens with zero attached hydrogens (tertiary/aromatic N) is 2. The minimum atomic E-state index is -3.64. The van der Waals surface area contributed by atoms with E-state index < -0.39 is 9.05 Å². The average molecular weight is 358 g/mol. The maximum absolute atomic E-state index is 12.0. The summed E-state index contributed by atoms with van der Waals surface area (Å²) < 4.78 is 22.2. The van der Waals surface area contributed by atoms with Crippen LogP contribution in [0.3, 0.4) is 0 Å². The zero-order valence-corrected chi connectivity index (χ0v) is 13.5. The summed E-state index contributed by atoms with van der Waals surface area (Å²) in [6.07, 6.45) is 0.103. The molecule has 20 heavy (non-hydrogen) atoms. The van der Waals surface area contributed by atoms with Gasteiger partial charge in [0.2, 0.25) is 15.0 Å². The van der Waals surface area contributed by atoms with Crippen LogP contribution >= 0.6 is 33.9 Å². The number of rotatable bonds is 3. The van der Waals surface area contributed by atoms with Gasteiger partial charge in [0.05, 0.1) is 21.5 Å². The van der Waals surface area contributed by atoms with E-state index in [1.807, 2.05) is 0 Å². The van der Waals surface area contributed by atoms with Crippen LogP contribution in [-0.4, -0.2) is 31.6 Å². The molecule has 2 rings (SSSR count). The minimum absolute atomic E-state index is 0.103. The summed E-state index contributed by atoms with van der Waals surface area (Å²) in [5.74, 6) is -0.542. The van der Waals surface area contributed by atoms with Crippen molar-refractivity contribution in [3.8, 4) is 0 Å². The largest absolute Gasteiger partial charge is 0.295 e. The van der Waals surface area contributed by atoms with Crippen LogP contribution in [0.15, 0.2) is 6.07 Å². The Bertz CT molecular complexity index is 663. The number of pyridine rings is 1. The van der Waals surface area contributed by atoms with Gasteiger partial charge < -0.3 is 0 Å². The number of amides is 1. The second-order valence-electron chi connectivity index (χ2n) is 4.64. The molecule has 0 radical (unpaired) electrons. The standard InChI is InChI=1S/C11H11Cl3N2O3S/c1-6-8(12)3-9(13)11(15-6)16-4-7(2-10(16)17)5-20(14,18)19/h3,7H,2,4-5H2,1H3. The normalized spacial score (nSPS) is 19.7. The van der Waals surface area contributed by atoms with Crippen LogP contribution in [-0.2, 0) is 13.8 Å². The summed E-state index contributed by atoms with van der Waals surface area (Å²) in [5, 5.41) is 0.661. The summed E-state index contributed by atoms with van der Waals surface area (Å²) in [6.45, 7) is 1.92. The van der Waals surface area contributed by atoms with Crippen molar-refractivity contribution in [2.45, 2.75) is 13.3 Å². The molecule has 1 aromatic rings. The molecule has 1 atom stereocenters. The van der Waals surface area contributed by atoms with E-state index in [-0.39, 0.29) is 35.6 Å². The SMILES string of the molecule is Cc1nc(N2CC(CS(=O)(=O)Cl)CC2=O)c(Cl)cc1Cl. The Balaban J connectivity index is 2.26. The van der Waals surface area contributed by atoms with E-state index in [2.05, 4.69) is 4.98 Å². The Morgan fingerprint density at radius 3 is 2.65 bits per heavy atom. The van der Waals surface area contributed by atoms with Crippen LogP contribution in [0.4, 0.5) is 5.82 Å². The quantitative estimate of drug-likeness (QED) is 0.780. The Hall–Kier alpha value is -0.560. The fourth-order valence-corrected chi connectivity index (χ4v) is 3.90. The van der Waals surface area contributed by atoms with Crippen molar-refractivity contribution in [1.82, 2.24) is 4.98 Å². The Morgan fingerprint density at radius 1 is 1.40 bits per heavy atom. The van der Waals surface area contributed by atoms with Crippen LogP contribution in [0.5, 0.6) is 0 Å². The van der Waals surface area contributed by atoms with Gasteiger partial charge in [-0.1, -0.05) is 23.2 Å². The molecule has 5 nitrogen and oxygen atoms in total. The van der Waals surface area contributed by atoms with Crippen molar-refractivity contribution in [2.75, 3.05) is 17.2 Å². The number of halogens is 3. The molecule has 0 aliphatic carbocycles. The lowest BCUT2D eigenvalue weighted by molar-refractivity contribution is -0.117. The first-order valence-electron chi connectivity index (χ1n) is 5.72. The number of hydrogen-bond acceptors (Lipinski definition) is 4. The molecular weight excluding hydrogens is 347 g/mol. The molecule has 1 saturated heterocycles. The predicted octanol–water partition coefficient (Wildman–Crippen LogP) is 2.62. The van der Waals surface area contributed by atoms with Crippen LogP contribution < -0.4 is 4.90 Å². The van der Waals surface area contributed by atoms with E-state index >= 15 is 0 Å². The van der Waals surface area contributed by atoms with Gasteiger partial charge in [-0.25, -0.2) is 13.4 Å². The molecule has 1 amide bonds. The zero-order chi connectivity index (χ0) is 15.1. The smallest absolute Gasteiger partial charge is 0.232 e. The highest BCUT2D eigenvalue weighted by atomic mass is 35.7. The lowest BCUT2D eigenvalue weighted by Gasteiger charge is -2.17. The molecule has 0 spiro atoms. The number of aromatic nitrogens is 1. The molecule has 9 heteroatoms. The number of aryl methyl sites for hydroxylation is 1. The van der Waals surface area contributed by atoms with Crippen LogP contribution in [0.1, 0.15) is 12.1 Å². The fraction of sp³-hybridized carbons (Fsp3) is 0.455. The third kappa shape index (κ3) is 3.55. The molecule has 0 saturated carbocycles. The fourth-order valence-electron chi connectivity index (χ4n) is 2.11. The van der Waals surface area contributed by atoms with Crippen molar-refractivity contribution in [2.24, 2.45) is 5.92 Å². The van der Waals surface area contributed by atoms with Crippen molar-refractivity contribution in [1.29, 1.82) is 0 Å². The lowest BCUT2D eigenvalue weighted by Crippen LogP contribution is -2.26. The van der Waals surface area contributed by atoms with Crippen LogP contribution in [0.2, 0.25) is 10.0 Å². The summed E-state index contributed by atoms with van der Waals surface area (Å²) in [6, 6.07) is 1.51. The second-order valence-corrected chi connectivity index (χ2v) is 8.28. The first-order chi connectivity index (χ1) is 9.17. The number of hydrogen-bond donors (Lipinski definition) is 0. The van der Waals surface area contributed by atoms with Gasteiger partial charge in [0.1, 0.15) is 0 Å². The van der Waals surface area contributed by atoms with Crippen LogP contribution in [0, 0.1) is 12.8 Å². The van der Waals surface area contributed by atoms with Crippen molar-refractivity contribution in [3.63, 3.8) is 0 Å². The molecule has 0 bridgehead atoms. The monoisotopic (exact) mass is 356 g/mol. The third-order valence-corrected chi connectivity index (χ3v) is 4.89. The van der Waals surface area contributed by atoms with Gasteiger partial charge in [-0.3, -0.25) is 9.69 Å². The summed E-state index contributed by atoms with van der Waals surface area (Å²) in [7, 11) is 1.57. The summed E-state index contributed by atoms with van der Waals surface area (Å²) in [4.78, 5) is 17.5. The van der Waals surface area contributed by atoms with Gasteiger partial charge in [-0.15, -0.1) is 0 Å². The molecule has 1 aromatic heterocycles.